The van der Waals surface area contributed by atoms with Crippen LogP contribution in [0.1, 0.15) is 31.9 Å². The predicted octanol–water partition coefficient (Wildman–Crippen LogP) is 1.53. The van der Waals surface area contributed by atoms with E-state index in [1.165, 1.54) is 0 Å². The highest BCUT2D eigenvalue weighted by atomic mass is 16.2. The molecule has 0 saturated heterocycles. The molecule has 0 radical (unpaired) electrons. The molecule has 19 heavy (non-hydrogen) atoms. The van der Waals surface area contributed by atoms with Crippen LogP contribution in [0.15, 0.2) is 30.3 Å². The van der Waals surface area contributed by atoms with E-state index < -0.39 is 0 Å². The van der Waals surface area contributed by atoms with Crippen molar-refractivity contribution in [3.05, 3.63) is 35.9 Å². The Balaban J connectivity index is 2.69. The zero-order chi connectivity index (χ0) is 14.3. The van der Waals surface area contributed by atoms with Crippen LogP contribution >= 0.6 is 0 Å². The lowest BCUT2D eigenvalue weighted by Crippen LogP contribution is -2.42. The van der Waals surface area contributed by atoms with Crippen LogP contribution in [0, 0.1) is 0 Å². The van der Waals surface area contributed by atoms with Crippen molar-refractivity contribution in [2.45, 2.75) is 32.4 Å². The van der Waals surface area contributed by atoms with E-state index >= 15 is 0 Å². The minimum Gasteiger partial charge on any atom is -0.355 e. The van der Waals surface area contributed by atoms with Gasteiger partial charge in [-0.3, -0.25) is 9.69 Å². The number of hydrogen-bond acceptors (Lipinski definition) is 3. The summed E-state index contributed by atoms with van der Waals surface area (Å²) in [4.78, 5) is 13.8. The van der Waals surface area contributed by atoms with Crippen molar-refractivity contribution in [2.75, 3.05) is 20.1 Å². The number of carbonyl (C=O) groups is 1. The lowest BCUT2D eigenvalue weighted by Gasteiger charge is -2.31. The number of carbonyl (C=O) groups excluding carboxylic acids is 1. The van der Waals surface area contributed by atoms with Gasteiger partial charge in [-0.05, 0) is 26.0 Å². The fourth-order valence-electron chi connectivity index (χ4n) is 2.25. The Hall–Kier alpha value is -1.39. The zero-order valence-electron chi connectivity index (χ0n) is 12.1. The minimum absolute atomic E-state index is 0.0358. The molecule has 0 heterocycles. The smallest absolute Gasteiger partial charge is 0.234 e. The summed E-state index contributed by atoms with van der Waals surface area (Å²) < 4.78 is 0. The first kappa shape index (κ1) is 15.7. The number of rotatable bonds is 7. The summed E-state index contributed by atoms with van der Waals surface area (Å²) in [5.74, 6) is 0.0472. The molecule has 4 heteroatoms. The normalized spacial score (nSPS) is 14.2. The monoisotopic (exact) mass is 263 g/mol. The van der Waals surface area contributed by atoms with Gasteiger partial charge in [-0.25, -0.2) is 0 Å². The Morgan fingerprint density at radius 1 is 1.37 bits per heavy atom. The lowest BCUT2D eigenvalue weighted by molar-refractivity contribution is -0.122. The lowest BCUT2D eigenvalue weighted by atomic mass is 10.00. The Labute approximate surface area is 116 Å². The van der Waals surface area contributed by atoms with Crippen LogP contribution in [0.2, 0.25) is 0 Å². The number of benzene rings is 1. The van der Waals surface area contributed by atoms with Crippen LogP contribution in [-0.4, -0.2) is 37.0 Å². The van der Waals surface area contributed by atoms with E-state index in [-0.39, 0.29) is 18.0 Å². The number of nitrogens with two attached hydrogens (primary N) is 1. The largest absolute Gasteiger partial charge is 0.355 e. The van der Waals surface area contributed by atoms with Crippen LogP contribution in [0.4, 0.5) is 0 Å². The van der Waals surface area contributed by atoms with Gasteiger partial charge in [0.05, 0.1) is 6.54 Å². The third-order valence-corrected chi connectivity index (χ3v) is 3.08. The van der Waals surface area contributed by atoms with Crippen LogP contribution < -0.4 is 11.1 Å². The number of likely N-dealkylation sites (N-methyl/N-ethyl adjacent to an activating group) is 1. The molecule has 106 valence electrons. The highest BCUT2D eigenvalue weighted by Crippen LogP contribution is 2.21. The Kier molecular flexibility index (Phi) is 6.53. The van der Waals surface area contributed by atoms with Crippen LogP contribution in [-0.2, 0) is 4.79 Å². The summed E-state index contributed by atoms with van der Waals surface area (Å²) in [6.07, 6.45) is 0.949. The number of hydrogen-bond donors (Lipinski definition) is 2. The first-order valence-electron chi connectivity index (χ1n) is 6.83. The molecule has 0 fully saturated rings. The van der Waals surface area contributed by atoms with Crippen molar-refractivity contribution in [3.63, 3.8) is 0 Å². The highest BCUT2D eigenvalue weighted by molar-refractivity contribution is 5.78. The van der Waals surface area contributed by atoms with E-state index in [2.05, 4.69) is 17.4 Å². The quantitative estimate of drug-likeness (QED) is 0.784. The van der Waals surface area contributed by atoms with E-state index in [4.69, 9.17) is 5.73 Å². The third kappa shape index (κ3) is 5.01. The Morgan fingerprint density at radius 2 is 2.00 bits per heavy atom. The van der Waals surface area contributed by atoms with Crippen molar-refractivity contribution in [2.24, 2.45) is 5.73 Å². The first-order valence-corrected chi connectivity index (χ1v) is 6.83. The molecule has 2 unspecified atom stereocenters. The standard InChI is InChI=1S/C15H25N3O/c1-4-10-17-14(19)11-18(3)15(12(2)16)13-8-6-5-7-9-13/h5-9,12,15H,4,10-11,16H2,1-3H3,(H,17,19). The van der Waals surface area contributed by atoms with E-state index in [0.717, 1.165) is 18.5 Å². The third-order valence-electron chi connectivity index (χ3n) is 3.08. The van der Waals surface area contributed by atoms with Gasteiger partial charge in [0.2, 0.25) is 5.91 Å². The van der Waals surface area contributed by atoms with Crippen molar-refractivity contribution in [1.29, 1.82) is 0 Å². The molecule has 1 rings (SSSR count). The molecule has 1 aromatic carbocycles. The second kappa shape index (κ2) is 7.92. The molecule has 0 spiro atoms. The van der Waals surface area contributed by atoms with Crippen LogP contribution in [0.5, 0.6) is 0 Å². The van der Waals surface area contributed by atoms with E-state index in [0.29, 0.717) is 6.54 Å². The molecule has 2 atom stereocenters. The molecule has 0 aliphatic rings. The average Bonchev–Trinajstić information content (AvgIpc) is 2.37. The van der Waals surface area contributed by atoms with Crippen molar-refractivity contribution < 1.29 is 4.79 Å². The van der Waals surface area contributed by atoms with Crippen molar-refractivity contribution >= 4 is 5.91 Å². The maximum atomic E-state index is 11.8. The summed E-state index contributed by atoms with van der Waals surface area (Å²) in [5.41, 5.74) is 7.21. The molecule has 1 aromatic rings. The maximum absolute atomic E-state index is 11.8. The van der Waals surface area contributed by atoms with Gasteiger partial charge in [0.15, 0.2) is 0 Å². The summed E-state index contributed by atoms with van der Waals surface area (Å²) in [6.45, 7) is 5.10. The number of amides is 1. The van der Waals surface area contributed by atoms with Crippen LogP contribution in [0.3, 0.4) is 0 Å². The second-order valence-electron chi connectivity index (χ2n) is 4.98. The Morgan fingerprint density at radius 3 is 2.53 bits per heavy atom. The molecule has 0 aromatic heterocycles. The van der Waals surface area contributed by atoms with Gasteiger partial charge in [0, 0.05) is 18.6 Å². The molecule has 0 aliphatic carbocycles. The molecular formula is C15H25N3O. The summed E-state index contributed by atoms with van der Waals surface area (Å²) in [5, 5.41) is 2.89. The van der Waals surface area contributed by atoms with Crippen molar-refractivity contribution in [1.82, 2.24) is 10.2 Å². The molecule has 0 bridgehead atoms. The topological polar surface area (TPSA) is 58.4 Å². The molecule has 1 amide bonds. The fourth-order valence-corrected chi connectivity index (χ4v) is 2.25. The summed E-state index contributed by atoms with van der Waals surface area (Å²) >= 11 is 0. The molecule has 4 nitrogen and oxygen atoms in total. The van der Waals surface area contributed by atoms with Crippen molar-refractivity contribution in [3.8, 4) is 0 Å². The highest BCUT2D eigenvalue weighted by Gasteiger charge is 2.22. The molecule has 0 saturated carbocycles. The zero-order valence-corrected chi connectivity index (χ0v) is 12.1. The number of nitrogens with zero attached hydrogens (tertiary/aromatic N) is 1. The van der Waals surface area contributed by atoms with Gasteiger partial charge in [-0.1, -0.05) is 37.3 Å². The van der Waals surface area contributed by atoms with E-state index in [1.807, 2.05) is 44.0 Å². The van der Waals surface area contributed by atoms with Crippen LogP contribution in [0.25, 0.3) is 0 Å². The van der Waals surface area contributed by atoms with Gasteiger partial charge in [-0.2, -0.15) is 0 Å². The SMILES string of the molecule is CCCNC(=O)CN(C)C(c1ccccc1)C(C)N. The summed E-state index contributed by atoms with van der Waals surface area (Å²) in [7, 11) is 1.94. The van der Waals surface area contributed by atoms with Gasteiger partial charge >= 0.3 is 0 Å². The Bertz CT molecular complexity index is 378. The van der Waals surface area contributed by atoms with E-state index in [1.54, 1.807) is 0 Å². The van der Waals surface area contributed by atoms with E-state index in [9.17, 15) is 4.79 Å². The fraction of sp³-hybridized carbons (Fsp3) is 0.533. The molecular weight excluding hydrogens is 238 g/mol. The minimum atomic E-state index is -0.0358. The van der Waals surface area contributed by atoms with Gasteiger partial charge in [-0.15, -0.1) is 0 Å². The second-order valence-corrected chi connectivity index (χ2v) is 4.98. The summed E-state index contributed by atoms with van der Waals surface area (Å²) in [6, 6.07) is 10.1. The first-order chi connectivity index (χ1) is 9.06. The maximum Gasteiger partial charge on any atom is 0.234 e. The van der Waals surface area contributed by atoms with Gasteiger partial charge < -0.3 is 11.1 Å². The average molecular weight is 263 g/mol. The predicted molar refractivity (Wildman–Crippen MR) is 78.8 cm³/mol. The molecule has 0 aliphatic heterocycles. The molecule has 3 N–H and O–H groups in total. The van der Waals surface area contributed by atoms with Gasteiger partial charge in [0.25, 0.3) is 0 Å². The number of nitrogens with one attached hydrogen (secondary N) is 1. The van der Waals surface area contributed by atoms with Gasteiger partial charge in [0.1, 0.15) is 0 Å².